The lowest BCUT2D eigenvalue weighted by molar-refractivity contribution is -0.383. The highest BCUT2D eigenvalue weighted by molar-refractivity contribution is 6.01. The molecule has 108 valence electrons. The number of amides is 1. The third kappa shape index (κ3) is 2.57. The standard InChI is InChI=1S/C13H18N4O3/c14-8-9-4-1-2-7-16(9)13(18)10-5-3-6-11(12(10)15)17(19)20/h3,5-6,9H,1-2,4,7-8,14-15H2. The number of para-hydroxylation sites is 1. The molecule has 1 fully saturated rings. The molecule has 1 heterocycles. The number of nitrogens with zero attached hydrogens (tertiary/aromatic N) is 2. The molecule has 0 aromatic heterocycles. The normalized spacial score (nSPS) is 18.9. The Morgan fingerprint density at radius 2 is 2.20 bits per heavy atom. The summed E-state index contributed by atoms with van der Waals surface area (Å²) >= 11 is 0. The molecule has 1 amide bonds. The summed E-state index contributed by atoms with van der Waals surface area (Å²) in [5.74, 6) is -0.277. The first-order chi connectivity index (χ1) is 9.56. The van der Waals surface area contributed by atoms with Crippen molar-refractivity contribution in [1.82, 2.24) is 4.90 Å². The van der Waals surface area contributed by atoms with Crippen LogP contribution in [0.4, 0.5) is 11.4 Å². The van der Waals surface area contributed by atoms with E-state index in [2.05, 4.69) is 0 Å². The van der Waals surface area contributed by atoms with E-state index in [1.54, 1.807) is 4.90 Å². The van der Waals surface area contributed by atoms with Gasteiger partial charge >= 0.3 is 0 Å². The third-order valence-corrected chi connectivity index (χ3v) is 3.67. The summed E-state index contributed by atoms with van der Waals surface area (Å²) < 4.78 is 0. The molecule has 20 heavy (non-hydrogen) atoms. The number of likely N-dealkylation sites (tertiary alicyclic amines) is 1. The number of nitro benzene ring substituents is 1. The number of carbonyl (C=O) groups is 1. The number of piperidine rings is 1. The molecule has 1 aromatic rings. The van der Waals surface area contributed by atoms with Crippen molar-refractivity contribution in [1.29, 1.82) is 0 Å². The molecule has 0 spiro atoms. The zero-order valence-electron chi connectivity index (χ0n) is 11.1. The highest BCUT2D eigenvalue weighted by Crippen LogP contribution is 2.27. The van der Waals surface area contributed by atoms with E-state index in [-0.39, 0.29) is 28.9 Å². The van der Waals surface area contributed by atoms with Crippen molar-refractivity contribution in [2.45, 2.75) is 25.3 Å². The lowest BCUT2D eigenvalue weighted by atomic mass is 10.00. The van der Waals surface area contributed by atoms with Gasteiger partial charge in [-0.2, -0.15) is 0 Å². The maximum Gasteiger partial charge on any atom is 0.292 e. The van der Waals surface area contributed by atoms with Crippen LogP contribution in [0.3, 0.4) is 0 Å². The first kappa shape index (κ1) is 14.3. The Kier molecular flexibility index (Phi) is 4.19. The van der Waals surface area contributed by atoms with Crippen molar-refractivity contribution in [3.05, 3.63) is 33.9 Å². The smallest absolute Gasteiger partial charge is 0.292 e. The Bertz CT molecular complexity index is 532. The van der Waals surface area contributed by atoms with Gasteiger partial charge in [-0.3, -0.25) is 14.9 Å². The minimum absolute atomic E-state index is 0.0186. The van der Waals surface area contributed by atoms with Gasteiger partial charge in [0, 0.05) is 25.2 Å². The molecule has 1 saturated heterocycles. The Morgan fingerprint density at radius 3 is 2.85 bits per heavy atom. The molecule has 0 saturated carbocycles. The number of hydrogen-bond donors (Lipinski definition) is 2. The summed E-state index contributed by atoms with van der Waals surface area (Å²) in [5, 5.41) is 10.9. The lowest BCUT2D eigenvalue weighted by Crippen LogP contribution is -2.47. The first-order valence-corrected chi connectivity index (χ1v) is 6.60. The number of nitrogen functional groups attached to an aromatic ring is 1. The zero-order chi connectivity index (χ0) is 14.7. The fraction of sp³-hybridized carbons (Fsp3) is 0.462. The predicted molar refractivity (Wildman–Crippen MR) is 75.2 cm³/mol. The molecule has 1 aromatic carbocycles. The summed E-state index contributed by atoms with van der Waals surface area (Å²) in [6.07, 6.45) is 2.81. The van der Waals surface area contributed by atoms with Gasteiger partial charge in [-0.1, -0.05) is 6.07 Å². The van der Waals surface area contributed by atoms with E-state index in [9.17, 15) is 14.9 Å². The highest BCUT2D eigenvalue weighted by atomic mass is 16.6. The average Bonchev–Trinajstić information content (AvgIpc) is 2.46. The fourth-order valence-electron chi connectivity index (χ4n) is 2.57. The number of carbonyl (C=O) groups excluding carboxylic acids is 1. The molecule has 0 radical (unpaired) electrons. The minimum Gasteiger partial charge on any atom is -0.393 e. The first-order valence-electron chi connectivity index (χ1n) is 6.60. The Hall–Kier alpha value is -2.15. The molecule has 1 atom stereocenters. The van der Waals surface area contributed by atoms with Crippen molar-refractivity contribution < 1.29 is 9.72 Å². The Morgan fingerprint density at radius 1 is 1.45 bits per heavy atom. The molecule has 1 unspecified atom stereocenters. The highest BCUT2D eigenvalue weighted by Gasteiger charge is 2.29. The number of nitrogens with two attached hydrogens (primary N) is 2. The molecule has 4 N–H and O–H groups in total. The molecule has 0 bridgehead atoms. The number of anilines is 1. The Labute approximate surface area is 116 Å². The number of rotatable bonds is 3. The number of nitro groups is 1. The van der Waals surface area contributed by atoms with Gasteiger partial charge in [0.05, 0.1) is 10.5 Å². The SMILES string of the molecule is NCC1CCCCN1C(=O)c1cccc([N+](=O)[O-])c1N. The van der Waals surface area contributed by atoms with Crippen molar-refractivity contribution in [2.75, 3.05) is 18.8 Å². The van der Waals surface area contributed by atoms with Gasteiger partial charge in [-0.25, -0.2) is 0 Å². The second-order valence-electron chi connectivity index (χ2n) is 4.88. The molecule has 7 nitrogen and oxygen atoms in total. The maximum absolute atomic E-state index is 12.5. The molecule has 0 aliphatic carbocycles. The van der Waals surface area contributed by atoms with Gasteiger partial charge in [-0.15, -0.1) is 0 Å². The van der Waals surface area contributed by atoms with Crippen molar-refractivity contribution in [2.24, 2.45) is 5.73 Å². The number of benzene rings is 1. The van der Waals surface area contributed by atoms with Crippen LogP contribution in [0.5, 0.6) is 0 Å². The van der Waals surface area contributed by atoms with E-state index in [1.807, 2.05) is 0 Å². The van der Waals surface area contributed by atoms with Gasteiger partial charge in [0.15, 0.2) is 0 Å². The van der Waals surface area contributed by atoms with Crippen molar-refractivity contribution >= 4 is 17.3 Å². The molecule has 1 aliphatic heterocycles. The van der Waals surface area contributed by atoms with Gasteiger partial charge in [0.25, 0.3) is 11.6 Å². The third-order valence-electron chi connectivity index (χ3n) is 3.67. The van der Waals surface area contributed by atoms with Crippen LogP contribution in [0.15, 0.2) is 18.2 Å². The number of hydrogen-bond acceptors (Lipinski definition) is 5. The van der Waals surface area contributed by atoms with E-state index >= 15 is 0 Å². The van der Waals surface area contributed by atoms with Gasteiger partial charge in [-0.05, 0) is 25.3 Å². The van der Waals surface area contributed by atoms with E-state index in [4.69, 9.17) is 11.5 Å². The molecular formula is C13H18N4O3. The maximum atomic E-state index is 12.5. The van der Waals surface area contributed by atoms with Crippen molar-refractivity contribution in [3.63, 3.8) is 0 Å². The van der Waals surface area contributed by atoms with Crippen molar-refractivity contribution in [3.8, 4) is 0 Å². The summed E-state index contributed by atoms with van der Waals surface area (Å²) in [6.45, 7) is 1.00. The van der Waals surface area contributed by atoms with Crippen LogP contribution in [-0.4, -0.2) is 34.9 Å². The van der Waals surface area contributed by atoms with E-state index in [0.717, 1.165) is 19.3 Å². The quantitative estimate of drug-likeness (QED) is 0.488. The topological polar surface area (TPSA) is 115 Å². The molecule has 2 rings (SSSR count). The minimum atomic E-state index is -0.581. The van der Waals surface area contributed by atoms with Gasteiger partial charge in [0.2, 0.25) is 0 Å². The zero-order valence-corrected chi connectivity index (χ0v) is 11.1. The van der Waals surface area contributed by atoms with Crippen LogP contribution in [0.1, 0.15) is 29.6 Å². The second-order valence-corrected chi connectivity index (χ2v) is 4.88. The summed E-state index contributed by atoms with van der Waals surface area (Å²) in [7, 11) is 0. The molecular weight excluding hydrogens is 260 g/mol. The average molecular weight is 278 g/mol. The predicted octanol–water partition coefficient (Wildman–Crippen LogP) is 1.13. The van der Waals surface area contributed by atoms with Gasteiger partial charge in [0.1, 0.15) is 5.69 Å². The van der Waals surface area contributed by atoms with Crippen LogP contribution >= 0.6 is 0 Å². The van der Waals surface area contributed by atoms with Crippen LogP contribution < -0.4 is 11.5 Å². The van der Waals surface area contributed by atoms with Crippen LogP contribution in [0, 0.1) is 10.1 Å². The van der Waals surface area contributed by atoms with Crippen LogP contribution in [0.2, 0.25) is 0 Å². The lowest BCUT2D eigenvalue weighted by Gasteiger charge is -2.35. The van der Waals surface area contributed by atoms with Crippen LogP contribution in [-0.2, 0) is 0 Å². The monoisotopic (exact) mass is 278 g/mol. The van der Waals surface area contributed by atoms with Gasteiger partial charge < -0.3 is 16.4 Å². The largest absolute Gasteiger partial charge is 0.393 e. The second kappa shape index (κ2) is 5.87. The Balaban J connectivity index is 2.33. The summed E-state index contributed by atoms with van der Waals surface area (Å²) in [5.41, 5.74) is 11.3. The molecule has 1 aliphatic rings. The summed E-state index contributed by atoms with van der Waals surface area (Å²) in [4.78, 5) is 24.5. The van der Waals surface area contributed by atoms with E-state index in [1.165, 1.54) is 18.2 Å². The van der Waals surface area contributed by atoms with E-state index in [0.29, 0.717) is 13.1 Å². The molecule has 7 heteroatoms. The fourth-order valence-corrected chi connectivity index (χ4v) is 2.57. The summed E-state index contributed by atoms with van der Waals surface area (Å²) in [6, 6.07) is 4.27. The van der Waals surface area contributed by atoms with Crippen LogP contribution in [0.25, 0.3) is 0 Å². The van der Waals surface area contributed by atoms with E-state index < -0.39 is 4.92 Å².